The van der Waals surface area contributed by atoms with Crippen LogP contribution in [0.1, 0.15) is 114 Å². The van der Waals surface area contributed by atoms with Crippen LogP contribution in [-0.2, 0) is 19.3 Å². The first kappa shape index (κ1) is 20.0. The number of rotatable bonds is 4. The van der Waals surface area contributed by atoms with Gasteiger partial charge in [0, 0.05) is 52.1 Å². The summed E-state index contributed by atoms with van der Waals surface area (Å²) in [4.78, 5) is 2.89. The number of nitrogens with zero attached hydrogens (tertiary/aromatic N) is 2. The van der Waals surface area contributed by atoms with Crippen LogP contribution in [0.15, 0.2) is 23.5 Å². The lowest BCUT2D eigenvalue weighted by molar-refractivity contribution is 0.221. The van der Waals surface area contributed by atoms with Crippen LogP contribution < -0.4 is 0 Å². The Morgan fingerprint density at radius 2 is 1.84 bits per heavy atom. The fourth-order valence-corrected chi connectivity index (χ4v) is 10.3. The number of fused-ring (bicyclic) bond motifs is 3. The Hall–Kier alpha value is -1.44. The third kappa shape index (κ3) is 2.10. The van der Waals surface area contributed by atoms with Crippen molar-refractivity contribution in [3.63, 3.8) is 0 Å². The summed E-state index contributed by atoms with van der Waals surface area (Å²) in [6, 6.07) is 1.58. The van der Waals surface area contributed by atoms with Gasteiger partial charge in [-0.15, -0.1) is 0 Å². The lowest BCUT2D eigenvalue weighted by Crippen LogP contribution is -2.37. The molecule has 1 aromatic rings. The van der Waals surface area contributed by atoms with Crippen molar-refractivity contribution < 1.29 is 0 Å². The van der Waals surface area contributed by atoms with Crippen molar-refractivity contribution >= 4 is 0 Å². The van der Waals surface area contributed by atoms with Crippen LogP contribution in [0.3, 0.4) is 0 Å². The highest BCUT2D eigenvalue weighted by Gasteiger charge is 2.68. The molecule has 0 unspecified atom stereocenters. The molecule has 0 amide bonds. The standard InChI is InChI=1S/C30H42N2/c1-5-21-18(4)28(27-22(6-2)23-12-8-10-19-14-16-24(27)31(19)23)30(7-3)26-13-9-11-20-15-17-25(29(21)30)32(20)26/h13,17-21,28-29H,5-12,14-16H2,1-4H3/t18-,19-,20-,21-,28+,29-,30-/m1/s1. The van der Waals surface area contributed by atoms with Gasteiger partial charge in [0.05, 0.1) is 0 Å². The molecule has 0 bridgehead atoms. The molecular formula is C30H42N2. The lowest BCUT2D eigenvalue weighted by Gasteiger charge is -2.42. The van der Waals surface area contributed by atoms with Crippen molar-refractivity contribution in [1.29, 1.82) is 0 Å². The predicted octanol–water partition coefficient (Wildman–Crippen LogP) is 7.30. The van der Waals surface area contributed by atoms with Crippen LogP contribution in [0.25, 0.3) is 0 Å². The second-order valence-electron chi connectivity index (χ2n) is 11.9. The largest absolute Gasteiger partial charge is 0.345 e. The number of hydrogen-bond donors (Lipinski definition) is 0. The van der Waals surface area contributed by atoms with Gasteiger partial charge in [-0.25, -0.2) is 0 Å². The van der Waals surface area contributed by atoms with Gasteiger partial charge in [0.15, 0.2) is 0 Å². The SMILES string of the molecule is CCc1c([C@@H]2[C@H](C)[C@@H](CC)[C@@H]3C4=CC[C@H]5CCC=C(N45)[C@]23CC)c2n3c1CCC[C@@H]3CC2. The number of allylic oxidation sites excluding steroid dienone is 3. The van der Waals surface area contributed by atoms with Gasteiger partial charge < -0.3 is 9.47 Å². The minimum atomic E-state index is 0.334. The first-order chi connectivity index (χ1) is 15.7. The second-order valence-corrected chi connectivity index (χ2v) is 11.9. The molecule has 172 valence electrons. The van der Waals surface area contributed by atoms with Crippen molar-refractivity contribution in [2.45, 2.75) is 116 Å². The van der Waals surface area contributed by atoms with Crippen molar-refractivity contribution in [1.82, 2.24) is 9.47 Å². The molecule has 0 N–H and O–H groups in total. The van der Waals surface area contributed by atoms with E-state index in [4.69, 9.17) is 0 Å². The third-order valence-electron chi connectivity index (χ3n) is 11.2. The van der Waals surface area contributed by atoms with Gasteiger partial charge in [0.2, 0.25) is 0 Å². The van der Waals surface area contributed by atoms with E-state index in [1.807, 2.05) is 5.56 Å². The van der Waals surface area contributed by atoms with Gasteiger partial charge in [-0.3, -0.25) is 0 Å². The first-order valence-electron chi connectivity index (χ1n) is 14.1. The molecule has 7 atom stereocenters. The summed E-state index contributed by atoms with van der Waals surface area (Å²) in [5.41, 5.74) is 11.1. The molecule has 2 heteroatoms. The monoisotopic (exact) mass is 430 g/mol. The Kier molecular flexibility index (Phi) is 4.24. The Bertz CT molecular complexity index is 1020. The van der Waals surface area contributed by atoms with Crippen LogP contribution in [0.5, 0.6) is 0 Å². The number of aromatic nitrogens is 1. The number of hydrogen-bond acceptors (Lipinski definition) is 1. The molecule has 2 fully saturated rings. The van der Waals surface area contributed by atoms with Gasteiger partial charge >= 0.3 is 0 Å². The van der Waals surface area contributed by atoms with Gasteiger partial charge in [-0.05, 0) is 87.2 Å². The minimum absolute atomic E-state index is 0.334. The second kappa shape index (κ2) is 6.80. The highest BCUT2D eigenvalue weighted by atomic mass is 15.3. The summed E-state index contributed by atoms with van der Waals surface area (Å²) in [5, 5.41) is 0. The molecule has 0 aromatic carbocycles. The zero-order valence-corrected chi connectivity index (χ0v) is 20.8. The lowest BCUT2D eigenvalue weighted by atomic mass is 9.64. The van der Waals surface area contributed by atoms with E-state index in [9.17, 15) is 0 Å². The molecule has 32 heavy (non-hydrogen) atoms. The van der Waals surface area contributed by atoms with Gasteiger partial charge in [-0.1, -0.05) is 46.3 Å². The van der Waals surface area contributed by atoms with E-state index in [-0.39, 0.29) is 0 Å². The summed E-state index contributed by atoms with van der Waals surface area (Å²) < 4.78 is 2.90. The molecule has 5 aliphatic heterocycles. The topological polar surface area (TPSA) is 8.17 Å². The molecule has 1 aliphatic carbocycles. The van der Waals surface area contributed by atoms with Gasteiger partial charge in [0.25, 0.3) is 0 Å². The van der Waals surface area contributed by atoms with E-state index in [0.717, 1.165) is 29.8 Å². The molecule has 7 rings (SSSR count). The molecule has 0 spiro atoms. The van der Waals surface area contributed by atoms with Crippen LogP contribution >= 0.6 is 0 Å². The molecule has 1 saturated heterocycles. The Balaban J connectivity index is 1.50. The van der Waals surface area contributed by atoms with Crippen LogP contribution in [-0.4, -0.2) is 15.5 Å². The smallest absolute Gasteiger partial charge is 0.0374 e. The van der Waals surface area contributed by atoms with E-state index >= 15 is 0 Å². The van der Waals surface area contributed by atoms with E-state index in [2.05, 4.69) is 49.3 Å². The summed E-state index contributed by atoms with van der Waals surface area (Å²) >= 11 is 0. The average Bonchev–Trinajstić information content (AvgIpc) is 3.59. The zero-order chi connectivity index (χ0) is 21.8. The molecule has 1 saturated carbocycles. The van der Waals surface area contributed by atoms with E-state index in [0.29, 0.717) is 11.3 Å². The molecule has 0 radical (unpaired) electrons. The third-order valence-corrected chi connectivity index (χ3v) is 11.2. The quantitative estimate of drug-likeness (QED) is 0.487. The average molecular weight is 431 g/mol. The van der Waals surface area contributed by atoms with Gasteiger partial charge in [0.1, 0.15) is 0 Å². The van der Waals surface area contributed by atoms with Crippen LogP contribution in [0.2, 0.25) is 0 Å². The highest BCUT2D eigenvalue weighted by Crippen LogP contribution is 2.74. The van der Waals surface area contributed by atoms with E-state index < -0.39 is 0 Å². The Morgan fingerprint density at radius 3 is 2.62 bits per heavy atom. The first-order valence-corrected chi connectivity index (χ1v) is 14.1. The molecule has 6 heterocycles. The Morgan fingerprint density at radius 1 is 0.969 bits per heavy atom. The fraction of sp³-hybridized carbons (Fsp3) is 0.733. The summed E-state index contributed by atoms with van der Waals surface area (Å²) in [6.45, 7) is 10.1. The van der Waals surface area contributed by atoms with Crippen LogP contribution in [0.4, 0.5) is 0 Å². The Labute approximate surface area is 195 Å². The van der Waals surface area contributed by atoms with Crippen molar-refractivity contribution in [2.75, 3.05) is 0 Å². The molecule has 6 aliphatic rings. The zero-order valence-electron chi connectivity index (χ0n) is 20.8. The molecule has 2 nitrogen and oxygen atoms in total. The molecular weight excluding hydrogens is 388 g/mol. The van der Waals surface area contributed by atoms with E-state index in [1.165, 1.54) is 70.6 Å². The van der Waals surface area contributed by atoms with E-state index in [1.54, 1.807) is 28.3 Å². The van der Waals surface area contributed by atoms with Crippen molar-refractivity contribution in [3.8, 4) is 0 Å². The maximum absolute atomic E-state index is 2.90. The summed E-state index contributed by atoms with van der Waals surface area (Å²) in [7, 11) is 0. The fourth-order valence-electron chi connectivity index (χ4n) is 10.3. The van der Waals surface area contributed by atoms with Gasteiger partial charge in [-0.2, -0.15) is 0 Å². The predicted molar refractivity (Wildman–Crippen MR) is 132 cm³/mol. The summed E-state index contributed by atoms with van der Waals surface area (Å²) in [5.74, 6) is 3.06. The maximum Gasteiger partial charge on any atom is 0.0374 e. The van der Waals surface area contributed by atoms with Crippen molar-refractivity contribution in [2.24, 2.45) is 23.2 Å². The normalized spacial score (nSPS) is 40.9. The molecule has 1 aromatic heterocycles. The highest BCUT2D eigenvalue weighted by molar-refractivity contribution is 5.52. The summed E-state index contributed by atoms with van der Waals surface area (Å²) in [6.07, 6.45) is 20.1. The minimum Gasteiger partial charge on any atom is -0.345 e. The maximum atomic E-state index is 2.90. The van der Waals surface area contributed by atoms with Crippen LogP contribution in [0, 0.1) is 23.2 Å². The van der Waals surface area contributed by atoms with Crippen molar-refractivity contribution in [3.05, 3.63) is 46.1 Å².